The van der Waals surface area contributed by atoms with Crippen molar-refractivity contribution in [3.05, 3.63) is 24.0 Å². The Bertz CT molecular complexity index is 468. The van der Waals surface area contributed by atoms with E-state index in [2.05, 4.69) is 9.88 Å². The molecule has 3 rings (SSSR count). The molecule has 0 aliphatic carbocycles. The van der Waals surface area contributed by atoms with Crippen LogP contribution in [-0.4, -0.2) is 68.4 Å². The van der Waals surface area contributed by atoms with Gasteiger partial charge < -0.3 is 19.3 Å². The summed E-state index contributed by atoms with van der Waals surface area (Å²) >= 11 is 0. The average Bonchev–Trinajstić information content (AvgIpc) is 2.56. The third-order valence-electron chi connectivity index (χ3n) is 3.64. The normalized spacial score (nSPS) is 20.0. The minimum absolute atomic E-state index is 0.0107. The molecule has 108 valence electrons. The van der Waals surface area contributed by atoms with Gasteiger partial charge in [0.2, 0.25) is 0 Å². The third-order valence-corrected chi connectivity index (χ3v) is 3.64. The zero-order valence-corrected chi connectivity index (χ0v) is 11.5. The van der Waals surface area contributed by atoms with Gasteiger partial charge in [-0.05, 0) is 12.1 Å². The Morgan fingerprint density at radius 2 is 1.70 bits per heavy atom. The Balaban J connectivity index is 1.74. The zero-order chi connectivity index (χ0) is 13.8. The van der Waals surface area contributed by atoms with Gasteiger partial charge >= 0.3 is 0 Å². The highest BCUT2D eigenvalue weighted by molar-refractivity contribution is 5.93. The summed E-state index contributed by atoms with van der Waals surface area (Å²) in [6, 6.07) is 3.82. The number of hydrogen-bond donors (Lipinski definition) is 0. The van der Waals surface area contributed by atoms with Gasteiger partial charge in [0, 0.05) is 38.1 Å². The molecule has 0 unspecified atom stereocenters. The van der Waals surface area contributed by atoms with E-state index in [1.807, 2.05) is 12.1 Å². The van der Waals surface area contributed by atoms with E-state index in [1.54, 1.807) is 11.1 Å². The number of ether oxygens (including phenoxy) is 2. The van der Waals surface area contributed by atoms with Crippen LogP contribution in [0.1, 0.15) is 10.5 Å². The van der Waals surface area contributed by atoms with Gasteiger partial charge in [0.15, 0.2) is 0 Å². The highest BCUT2D eigenvalue weighted by Gasteiger charge is 2.20. The Hall–Kier alpha value is -1.66. The molecule has 1 amide bonds. The summed E-state index contributed by atoms with van der Waals surface area (Å²) < 4.78 is 10.6. The lowest BCUT2D eigenvalue weighted by molar-refractivity contribution is 0.0299. The molecule has 0 aromatic carbocycles. The van der Waals surface area contributed by atoms with Crippen LogP contribution in [0, 0.1) is 0 Å². The van der Waals surface area contributed by atoms with Gasteiger partial charge in [0.1, 0.15) is 5.69 Å². The minimum Gasteiger partial charge on any atom is -0.378 e. The summed E-state index contributed by atoms with van der Waals surface area (Å²) in [7, 11) is 0. The van der Waals surface area contributed by atoms with E-state index in [9.17, 15) is 4.79 Å². The number of nitrogens with zero attached hydrogens (tertiary/aromatic N) is 3. The summed E-state index contributed by atoms with van der Waals surface area (Å²) in [5, 5.41) is 0. The molecule has 0 bridgehead atoms. The van der Waals surface area contributed by atoms with Crippen LogP contribution in [0.15, 0.2) is 18.3 Å². The second-order valence-corrected chi connectivity index (χ2v) is 4.90. The van der Waals surface area contributed by atoms with Crippen molar-refractivity contribution in [2.45, 2.75) is 0 Å². The number of rotatable bonds is 2. The Labute approximate surface area is 118 Å². The molecule has 0 atom stereocenters. The molecule has 2 saturated heterocycles. The van der Waals surface area contributed by atoms with Gasteiger partial charge in [-0.15, -0.1) is 0 Å². The van der Waals surface area contributed by atoms with Crippen LogP contribution < -0.4 is 4.90 Å². The SMILES string of the molecule is O=C(c1cc(N2CCOCC2)ccn1)N1CCOCC1. The Morgan fingerprint density at radius 1 is 1.05 bits per heavy atom. The quantitative estimate of drug-likeness (QED) is 0.783. The highest BCUT2D eigenvalue weighted by atomic mass is 16.5. The largest absolute Gasteiger partial charge is 0.378 e. The van der Waals surface area contributed by atoms with Crippen molar-refractivity contribution in [1.82, 2.24) is 9.88 Å². The maximum Gasteiger partial charge on any atom is 0.272 e. The van der Waals surface area contributed by atoms with Crippen LogP contribution >= 0.6 is 0 Å². The molecule has 2 fully saturated rings. The van der Waals surface area contributed by atoms with E-state index in [0.717, 1.165) is 32.0 Å². The molecule has 6 heteroatoms. The first-order chi connectivity index (χ1) is 9.84. The molecule has 1 aromatic rings. The van der Waals surface area contributed by atoms with Crippen molar-refractivity contribution in [3.63, 3.8) is 0 Å². The topological polar surface area (TPSA) is 54.9 Å². The number of pyridine rings is 1. The van der Waals surface area contributed by atoms with Crippen molar-refractivity contribution >= 4 is 11.6 Å². The predicted molar refractivity (Wildman–Crippen MR) is 74.0 cm³/mol. The molecular weight excluding hydrogens is 258 g/mol. The van der Waals surface area contributed by atoms with Crippen LogP contribution in [0.3, 0.4) is 0 Å². The molecule has 0 N–H and O–H groups in total. The molecule has 3 heterocycles. The smallest absolute Gasteiger partial charge is 0.272 e. The van der Waals surface area contributed by atoms with Gasteiger partial charge in [-0.1, -0.05) is 0 Å². The first-order valence-electron chi connectivity index (χ1n) is 7.00. The van der Waals surface area contributed by atoms with Crippen LogP contribution in [0.5, 0.6) is 0 Å². The van der Waals surface area contributed by atoms with Crippen molar-refractivity contribution in [1.29, 1.82) is 0 Å². The van der Waals surface area contributed by atoms with E-state index in [4.69, 9.17) is 9.47 Å². The lowest BCUT2D eigenvalue weighted by atomic mass is 10.2. The van der Waals surface area contributed by atoms with Crippen LogP contribution in [0.2, 0.25) is 0 Å². The lowest BCUT2D eigenvalue weighted by Crippen LogP contribution is -2.41. The second kappa shape index (κ2) is 6.19. The number of anilines is 1. The van der Waals surface area contributed by atoms with Gasteiger partial charge in [-0.25, -0.2) is 0 Å². The summed E-state index contributed by atoms with van der Waals surface area (Å²) in [5.74, 6) is -0.0107. The molecule has 2 aliphatic heterocycles. The average molecular weight is 277 g/mol. The zero-order valence-electron chi connectivity index (χ0n) is 11.5. The molecule has 0 radical (unpaired) electrons. The third kappa shape index (κ3) is 2.91. The van der Waals surface area contributed by atoms with Crippen LogP contribution in [0.4, 0.5) is 5.69 Å². The molecule has 20 heavy (non-hydrogen) atoms. The molecule has 0 saturated carbocycles. The van der Waals surface area contributed by atoms with E-state index >= 15 is 0 Å². The summed E-state index contributed by atoms with van der Waals surface area (Å²) in [4.78, 5) is 20.6. The summed E-state index contributed by atoms with van der Waals surface area (Å²) in [6.07, 6.45) is 1.71. The van der Waals surface area contributed by atoms with Crippen molar-refractivity contribution in [2.24, 2.45) is 0 Å². The predicted octanol–water partition coefficient (Wildman–Crippen LogP) is 0.391. The minimum atomic E-state index is -0.0107. The van der Waals surface area contributed by atoms with Gasteiger partial charge in [0.25, 0.3) is 5.91 Å². The van der Waals surface area contributed by atoms with E-state index in [-0.39, 0.29) is 5.91 Å². The van der Waals surface area contributed by atoms with E-state index < -0.39 is 0 Å². The summed E-state index contributed by atoms with van der Waals surface area (Å²) in [5.41, 5.74) is 1.55. The molecule has 1 aromatic heterocycles. The Kier molecular flexibility index (Phi) is 4.13. The van der Waals surface area contributed by atoms with E-state index in [0.29, 0.717) is 32.0 Å². The monoisotopic (exact) mass is 277 g/mol. The fraction of sp³-hybridized carbons (Fsp3) is 0.571. The molecular formula is C14H19N3O3. The van der Waals surface area contributed by atoms with Gasteiger partial charge in [0.05, 0.1) is 26.4 Å². The number of hydrogen-bond acceptors (Lipinski definition) is 5. The first-order valence-corrected chi connectivity index (χ1v) is 7.00. The summed E-state index contributed by atoms with van der Waals surface area (Å²) in [6.45, 7) is 5.67. The number of amides is 1. The van der Waals surface area contributed by atoms with Crippen molar-refractivity contribution < 1.29 is 14.3 Å². The number of aromatic nitrogens is 1. The molecule has 6 nitrogen and oxygen atoms in total. The standard InChI is InChI=1S/C14H19N3O3/c18-14(17-5-9-20-10-6-17)13-11-12(1-2-15-13)16-3-7-19-8-4-16/h1-2,11H,3-10H2. The van der Waals surface area contributed by atoms with Crippen LogP contribution in [0.25, 0.3) is 0 Å². The number of morpholine rings is 2. The van der Waals surface area contributed by atoms with Crippen molar-refractivity contribution in [2.75, 3.05) is 57.5 Å². The Morgan fingerprint density at radius 3 is 2.40 bits per heavy atom. The van der Waals surface area contributed by atoms with Gasteiger partial charge in [-0.2, -0.15) is 0 Å². The number of carbonyl (C=O) groups is 1. The molecule has 2 aliphatic rings. The van der Waals surface area contributed by atoms with Crippen LogP contribution in [-0.2, 0) is 9.47 Å². The fourth-order valence-electron chi connectivity index (χ4n) is 2.48. The number of carbonyl (C=O) groups excluding carboxylic acids is 1. The lowest BCUT2D eigenvalue weighted by Gasteiger charge is -2.29. The second-order valence-electron chi connectivity index (χ2n) is 4.90. The maximum absolute atomic E-state index is 12.4. The van der Waals surface area contributed by atoms with Gasteiger partial charge in [-0.3, -0.25) is 9.78 Å². The van der Waals surface area contributed by atoms with E-state index in [1.165, 1.54) is 0 Å². The first kappa shape index (κ1) is 13.3. The highest BCUT2D eigenvalue weighted by Crippen LogP contribution is 2.17. The fourth-order valence-corrected chi connectivity index (χ4v) is 2.48. The van der Waals surface area contributed by atoms with Crippen molar-refractivity contribution in [3.8, 4) is 0 Å². The maximum atomic E-state index is 12.4. The molecule has 0 spiro atoms.